The molecule has 3 rings (SSSR count). The Hall–Kier alpha value is -3.55. The summed E-state index contributed by atoms with van der Waals surface area (Å²) in [4.78, 5) is 23.3. The highest BCUT2D eigenvalue weighted by Gasteiger charge is 2.16. The molecule has 0 radical (unpaired) electrons. The fourth-order valence-corrected chi connectivity index (χ4v) is 3.21. The summed E-state index contributed by atoms with van der Waals surface area (Å²) in [6.07, 6.45) is 0.114. The molecule has 0 aromatic heterocycles. The zero-order chi connectivity index (χ0) is 24.3. The Kier molecular flexibility index (Phi) is 9.31. The van der Waals surface area contributed by atoms with Gasteiger partial charge in [-0.05, 0) is 66.2 Å². The third kappa shape index (κ3) is 7.79. The van der Waals surface area contributed by atoms with E-state index in [1.54, 1.807) is 48.5 Å². The van der Waals surface area contributed by atoms with Crippen LogP contribution in [0.25, 0.3) is 0 Å². The third-order valence-electron chi connectivity index (χ3n) is 4.95. The summed E-state index contributed by atoms with van der Waals surface area (Å²) in [6, 6.07) is 21.1. The van der Waals surface area contributed by atoms with E-state index in [-0.39, 0.29) is 5.91 Å². The number of hydrogen-bond acceptors (Lipinski definition) is 5. The van der Waals surface area contributed by atoms with Gasteiger partial charge in [-0.25, -0.2) is 4.79 Å². The molecule has 3 aromatic carbocycles. The van der Waals surface area contributed by atoms with Crippen LogP contribution in [0.1, 0.15) is 22.3 Å². The highest BCUT2D eigenvalue weighted by molar-refractivity contribution is 6.30. The summed E-state index contributed by atoms with van der Waals surface area (Å²) in [5.74, 6) is 0.199. The fourth-order valence-electron chi connectivity index (χ4n) is 3.09. The molecule has 0 fully saturated rings. The van der Waals surface area contributed by atoms with Crippen molar-refractivity contribution in [3.63, 3.8) is 0 Å². The van der Waals surface area contributed by atoms with Crippen LogP contribution in [0.3, 0.4) is 0 Å². The highest BCUT2D eigenvalue weighted by Crippen LogP contribution is 2.18. The molecular weight excluding hydrogens is 458 g/mol. The van der Waals surface area contributed by atoms with Gasteiger partial charge in [-0.15, -0.1) is 0 Å². The number of rotatable bonds is 12. The van der Waals surface area contributed by atoms with Crippen LogP contribution in [0.15, 0.2) is 72.8 Å². The van der Waals surface area contributed by atoms with Crippen molar-refractivity contribution in [1.82, 2.24) is 0 Å². The second-order valence-electron chi connectivity index (χ2n) is 7.45. The van der Waals surface area contributed by atoms with Gasteiger partial charge in [0.15, 0.2) is 6.10 Å². The number of halogens is 1. The van der Waals surface area contributed by atoms with Gasteiger partial charge in [0.05, 0.1) is 13.2 Å². The summed E-state index contributed by atoms with van der Waals surface area (Å²) in [5, 5.41) is 12.5. The van der Waals surface area contributed by atoms with Crippen molar-refractivity contribution in [2.75, 3.05) is 25.6 Å². The standard InChI is InChI=1S/C26H26ClNO6/c1-32-24(26(30)31)17-18-3-11-22(12-4-18)33-15-2-16-34-23-13-9-21(10-14-23)28-25(29)19-5-7-20(27)8-6-19/h3-14,24H,2,15-17H2,1H3,(H,28,29)(H,30,31). The van der Waals surface area contributed by atoms with Crippen LogP contribution < -0.4 is 14.8 Å². The van der Waals surface area contributed by atoms with Gasteiger partial charge in [0.25, 0.3) is 5.91 Å². The zero-order valence-electron chi connectivity index (χ0n) is 18.7. The lowest BCUT2D eigenvalue weighted by Crippen LogP contribution is -2.24. The number of carbonyl (C=O) groups excluding carboxylic acids is 1. The van der Waals surface area contributed by atoms with Gasteiger partial charge >= 0.3 is 5.97 Å². The molecule has 0 saturated carbocycles. The van der Waals surface area contributed by atoms with E-state index in [0.717, 1.165) is 5.56 Å². The maximum Gasteiger partial charge on any atom is 0.333 e. The topological polar surface area (TPSA) is 94.1 Å². The van der Waals surface area contributed by atoms with Crippen LogP contribution >= 0.6 is 11.6 Å². The van der Waals surface area contributed by atoms with Crippen molar-refractivity contribution in [2.24, 2.45) is 0 Å². The molecule has 1 atom stereocenters. The number of carbonyl (C=O) groups is 2. The Morgan fingerprint density at radius 1 is 0.882 bits per heavy atom. The lowest BCUT2D eigenvalue weighted by molar-refractivity contribution is -0.148. The second-order valence-corrected chi connectivity index (χ2v) is 7.88. The number of aliphatic carboxylic acids is 1. The van der Waals surface area contributed by atoms with Crippen LogP contribution in [-0.2, 0) is 16.0 Å². The molecule has 0 aliphatic rings. The molecule has 0 aliphatic heterocycles. The van der Waals surface area contributed by atoms with Gasteiger partial charge in [0.1, 0.15) is 11.5 Å². The monoisotopic (exact) mass is 483 g/mol. The molecule has 0 bridgehead atoms. The van der Waals surface area contributed by atoms with Crippen LogP contribution in [0.5, 0.6) is 11.5 Å². The third-order valence-corrected chi connectivity index (χ3v) is 5.20. The Morgan fingerprint density at radius 3 is 1.97 bits per heavy atom. The summed E-state index contributed by atoms with van der Waals surface area (Å²) < 4.78 is 16.4. The first-order chi connectivity index (χ1) is 16.4. The van der Waals surface area contributed by atoms with Gasteiger partial charge in [-0.2, -0.15) is 0 Å². The maximum absolute atomic E-state index is 12.2. The first-order valence-corrected chi connectivity index (χ1v) is 11.1. The van der Waals surface area contributed by atoms with Gasteiger partial charge in [-0.3, -0.25) is 4.79 Å². The largest absolute Gasteiger partial charge is 0.493 e. The molecule has 7 nitrogen and oxygen atoms in total. The van der Waals surface area contributed by atoms with Crippen molar-refractivity contribution in [3.8, 4) is 11.5 Å². The van der Waals surface area contributed by atoms with E-state index in [2.05, 4.69) is 5.32 Å². The van der Waals surface area contributed by atoms with E-state index in [9.17, 15) is 9.59 Å². The average molecular weight is 484 g/mol. The average Bonchev–Trinajstić information content (AvgIpc) is 2.84. The van der Waals surface area contributed by atoms with Crippen LogP contribution in [-0.4, -0.2) is 43.4 Å². The van der Waals surface area contributed by atoms with Crippen molar-refractivity contribution in [1.29, 1.82) is 0 Å². The summed E-state index contributed by atoms with van der Waals surface area (Å²) >= 11 is 5.85. The normalized spacial score (nSPS) is 11.5. The number of hydrogen-bond donors (Lipinski definition) is 2. The maximum atomic E-state index is 12.2. The summed E-state index contributed by atoms with van der Waals surface area (Å²) in [5.41, 5.74) is 2.05. The smallest absolute Gasteiger partial charge is 0.333 e. The predicted octanol–water partition coefficient (Wildman–Crippen LogP) is 5.08. The van der Waals surface area contributed by atoms with Gasteiger partial charge in [0.2, 0.25) is 0 Å². The quantitative estimate of drug-likeness (QED) is 0.349. The molecule has 3 aromatic rings. The Morgan fingerprint density at radius 2 is 1.44 bits per heavy atom. The number of benzene rings is 3. The molecule has 0 saturated heterocycles. The van der Waals surface area contributed by atoms with Crippen molar-refractivity contribution >= 4 is 29.2 Å². The first kappa shape index (κ1) is 25.1. The van der Waals surface area contributed by atoms with E-state index in [1.807, 2.05) is 24.3 Å². The van der Waals surface area contributed by atoms with E-state index in [4.69, 9.17) is 30.9 Å². The van der Waals surface area contributed by atoms with Crippen LogP contribution in [0.4, 0.5) is 5.69 Å². The number of methoxy groups -OCH3 is 1. The van der Waals surface area contributed by atoms with Crippen LogP contribution in [0.2, 0.25) is 5.02 Å². The number of nitrogens with one attached hydrogen (secondary N) is 1. The van der Waals surface area contributed by atoms with Gasteiger partial charge in [0, 0.05) is 36.2 Å². The lowest BCUT2D eigenvalue weighted by atomic mass is 10.1. The van der Waals surface area contributed by atoms with Crippen LogP contribution in [0, 0.1) is 0 Å². The van der Waals surface area contributed by atoms with Gasteiger partial charge in [-0.1, -0.05) is 23.7 Å². The minimum Gasteiger partial charge on any atom is -0.493 e. The van der Waals surface area contributed by atoms with Crippen molar-refractivity contribution in [2.45, 2.75) is 18.9 Å². The number of carboxylic acid groups (broad SMARTS) is 1. The molecule has 34 heavy (non-hydrogen) atoms. The van der Waals surface area contributed by atoms with Gasteiger partial charge < -0.3 is 24.6 Å². The van der Waals surface area contributed by atoms with E-state index in [0.29, 0.717) is 53.8 Å². The molecule has 0 heterocycles. The Labute approximate surface area is 203 Å². The SMILES string of the molecule is COC(Cc1ccc(OCCCOc2ccc(NC(=O)c3ccc(Cl)cc3)cc2)cc1)C(=O)O. The molecule has 178 valence electrons. The number of ether oxygens (including phenoxy) is 3. The Bertz CT molecular complexity index is 1070. The Balaban J connectivity index is 1.36. The predicted molar refractivity (Wildman–Crippen MR) is 130 cm³/mol. The highest BCUT2D eigenvalue weighted by atomic mass is 35.5. The van der Waals surface area contributed by atoms with Crippen molar-refractivity contribution in [3.05, 3.63) is 88.9 Å². The number of anilines is 1. The van der Waals surface area contributed by atoms with E-state index < -0.39 is 12.1 Å². The lowest BCUT2D eigenvalue weighted by Gasteiger charge is -2.11. The molecule has 2 N–H and O–H groups in total. The number of amides is 1. The number of carboxylic acids is 1. The first-order valence-electron chi connectivity index (χ1n) is 10.7. The molecular formula is C26H26ClNO6. The molecule has 1 amide bonds. The molecule has 0 aliphatic carbocycles. The zero-order valence-corrected chi connectivity index (χ0v) is 19.5. The molecule has 8 heteroatoms. The molecule has 1 unspecified atom stereocenters. The summed E-state index contributed by atoms with van der Waals surface area (Å²) in [6.45, 7) is 0.951. The van der Waals surface area contributed by atoms with E-state index in [1.165, 1.54) is 7.11 Å². The van der Waals surface area contributed by atoms with E-state index >= 15 is 0 Å². The summed E-state index contributed by atoms with van der Waals surface area (Å²) in [7, 11) is 1.38. The minimum absolute atomic E-state index is 0.212. The van der Waals surface area contributed by atoms with Crippen molar-refractivity contribution < 1.29 is 28.9 Å². The minimum atomic E-state index is -0.986. The second kappa shape index (κ2) is 12.6. The molecule has 0 spiro atoms. The fraction of sp³-hybridized carbons (Fsp3) is 0.231.